The Kier molecular flexibility index (Phi) is 2.20. The standard InChI is InChI=1S/C9H6F3N/c1-2-6-3-4-7(5-8(6)13)9(10,11)12/h1,3-5H,13H2. The van der Waals surface area contributed by atoms with Crippen molar-refractivity contribution >= 4 is 5.69 Å². The van der Waals surface area contributed by atoms with Crippen LogP contribution in [-0.2, 0) is 6.18 Å². The number of nitrogen functional groups attached to an aromatic ring is 1. The second-order valence-corrected chi connectivity index (χ2v) is 2.44. The predicted octanol–water partition coefficient (Wildman–Crippen LogP) is 2.27. The van der Waals surface area contributed by atoms with Gasteiger partial charge in [-0.05, 0) is 18.2 Å². The zero-order valence-corrected chi connectivity index (χ0v) is 6.52. The van der Waals surface area contributed by atoms with Crippen molar-refractivity contribution in [3.05, 3.63) is 29.3 Å². The lowest BCUT2D eigenvalue weighted by molar-refractivity contribution is -0.137. The largest absolute Gasteiger partial charge is 0.416 e. The van der Waals surface area contributed by atoms with Crippen molar-refractivity contribution in [3.63, 3.8) is 0 Å². The second-order valence-electron chi connectivity index (χ2n) is 2.44. The summed E-state index contributed by atoms with van der Waals surface area (Å²) in [5.41, 5.74) is 4.74. The van der Waals surface area contributed by atoms with Crippen LogP contribution in [0.3, 0.4) is 0 Å². The van der Waals surface area contributed by atoms with E-state index in [0.29, 0.717) is 0 Å². The first-order chi connectivity index (χ1) is 5.95. The number of hydrogen-bond acceptors (Lipinski definition) is 1. The highest BCUT2D eigenvalue weighted by molar-refractivity contribution is 5.56. The summed E-state index contributed by atoms with van der Waals surface area (Å²) in [7, 11) is 0. The van der Waals surface area contributed by atoms with Crippen LogP contribution in [0.25, 0.3) is 0 Å². The minimum absolute atomic E-state index is 0.0303. The lowest BCUT2D eigenvalue weighted by atomic mass is 10.1. The Bertz CT molecular complexity index is 360. The molecule has 0 saturated carbocycles. The third-order valence-electron chi connectivity index (χ3n) is 1.53. The van der Waals surface area contributed by atoms with Crippen LogP contribution in [0.1, 0.15) is 11.1 Å². The summed E-state index contributed by atoms with van der Waals surface area (Å²) in [5, 5.41) is 0. The first-order valence-electron chi connectivity index (χ1n) is 3.38. The molecule has 0 amide bonds. The predicted molar refractivity (Wildman–Crippen MR) is 43.8 cm³/mol. The smallest absolute Gasteiger partial charge is 0.398 e. The number of rotatable bonds is 0. The van der Waals surface area contributed by atoms with Crippen molar-refractivity contribution in [1.29, 1.82) is 0 Å². The van der Waals surface area contributed by atoms with E-state index in [1.807, 2.05) is 0 Å². The Morgan fingerprint density at radius 1 is 1.31 bits per heavy atom. The monoisotopic (exact) mass is 185 g/mol. The molecule has 13 heavy (non-hydrogen) atoms. The highest BCUT2D eigenvalue weighted by Gasteiger charge is 2.30. The van der Waals surface area contributed by atoms with Crippen LogP contribution in [0.2, 0.25) is 0 Å². The number of benzene rings is 1. The van der Waals surface area contributed by atoms with E-state index in [9.17, 15) is 13.2 Å². The molecule has 0 saturated heterocycles. The summed E-state index contributed by atoms with van der Waals surface area (Å²) in [6.07, 6.45) is 0.625. The molecule has 0 bridgehead atoms. The van der Waals surface area contributed by atoms with Crippen molar-refractivity contribution in [1.82, 2.24) is 0 Å². The average molecular weight is 185 g/mol. The first-order valence-corrected chi connectivity index (χ1v) is 3.38. The molecule has 0 unspecified atom stereocenters. The molecule has 0 aliphatic heterocycles. The van der Waals surface area contributed by atoms with Crippen LogP contribution in [0.5, 0.6) is 0 Å². The van der Waals surface area contributed by atoms with Gasteiger partial charge in [0.1, 0.15) is 0 Å². The number of nitrogens with two attached hydrogens (primary N) is 1. The van der Waals surface area contributed by atoms with E-state index in [1.54, 1.807) is 0 Å². The van der Waals surface area contributed by atoms with Crippen LogP contribution < -0.4 is 5.73 Å². The molecule has 0 heterocycles. The maximum Gasteiger partial charge on any atom is 0.416 e. The van der Waals surface area contributed by atoms with E-state index >= 15 is 0 Å². The van der Waals surface area contributed by atoms with Gasteiger partial charge in [0.2, 0.25) is 0 Å². The topological polar surface area (TPSA) is 26.0 Å². The van der Waals surface area contributed by atoms with E-state index in [-0.39, 0.29) is 11.3 Å². The summed E-state index contributed by atoms with van der Waals surface area (Å²) < 4.78 is 36.3. The minimum Gasteiger partial charge on any atom is -0.398 e. The molecule has 0 spiro atoms. The van der Waals surface area contributed by atoms with Gasteiger partial charge in [-0.1, -0.05) is 5.92 Å². The molecule has 0 atom stereocenters. The number of hydrogen-bond donors (Lipinski definition) is 1. The maximum atomic E-state index is 12.1. The molecule has 1 aromatic carbocycles. The molecule has 1 nitrogen and oxygen atoms in total. The van der Waals surface area contributed by atoms with Gasteiger partial charge in [0.15, 0.2) is 0 Å². The van der Waals surface area contributed by atoms with Crippen LogP contribution in [0.15, 0.2) is 18.2 Å². The van der Waals surface area contributed by atoms with Gasteiger partial charge in [0.05, 0.1) is 5.56 Å². The molecule has 0 fully saturated rings. The third-order valence-corrected chi connectivity index (χ3v) is 1.53. The fraction of sp³-hybridized carbons (Fsp3) is 0.111. The van der Waals surface area contributed by atoms with Crippen molar-refractivity contribution in [2.75, 3.05) is 5.73 Å². The number of terminal acetylenes is 1. The van der Waals surface area contributed by atoms with Gasteiger partial charge in [-0.25, -0.2) is 0 Å². The average Bonchev–Trinajstić information content (AvgIpc) is 2.02. The lowest BCUT2D eigenvalue weighted by Crippen LogP contribution is -2.06. The molecule has 2 N–H and O–H groups in total. The first kappa shape index (κ1) is 9.46. The van der Waals surface area contributed by atoms with Crippen molar-refractivity contribution in [3.8, 4) is 12.3 Å². The van der Waals surface area contributed by atoms with Crippen LogP contribution in [0, 0.1) is 12.3 Å². The van der Waals surface area contributed by atoms with Crippen LogP contribution >= 0.6 is 0 Å². The Morgan fingerprint density at radius 3 is 2.31 bits per heavy atom. The maximum absolute atomic E-state index is 12.1. The molecule has 0 aromatic heterocycles. The highest BCUT2D eigenvalue weighted by Crippen LogP contribution is 2.30. The summed E-state index contributed by atoms with van der Waals surface area (Å²) in [5.74, 6) is 2.18. The zero-order chi connectivity index (χ0) is 10.1. The highest BCUT2D eigenvalue weighted by atomic mass is 19.4. The van der Waals surface area contributed by atoms with E-state index in [1.165, 1.54) is 6.07 Å². The quantitative estimate of drug-likeness (QED) is 0.487. The molecule has 0 aliphatic rings. The molecule has 4 heteroatoms. The molecule has 1 rings (SSSR count). The molecular formula is C9H6F3N. The number of halogens is 3. The molecule has 1 aromatic rings. The SMILES string of the molecule is C#Cc1ccc(C(F)(F)F)cc1N. The van der Waals surface area contributed by atoms with Crippen molar-refractivity contribution in [2.24, 2.45) is 0 Å². The van der Waals surface area contributed by atoms with Crippen LogP contribution in [0.4, 0.5) is 18.9 Å². The number of alkyl halides is 3. The Hall–Kier alpha value is -1.63. The normalized spacial score (nSPS) is 10.9. The van der Waals surface area contributed by atoms with Crippen LogP contribution in [-0.4, -0.2) is 0 Å². The van der Waals surface area contributed by atoms with Crippen molar-refractivity contribution < 1.29 is 13.2 Å². The molecular weight excluding hydrogens is 179 g/mol. The molecule has 68 valence electrons. The van der Waals surface area contributed by atoms with E-state index < -0.39 is 11.7 Å². The number of anilines is 1. The summed E-state index contributed by atoms with van der Waals surface area (Å²) >= 11 is 0. The van der Waals surface area contributed by atoms with Gasteiger partial charge in [0, 0.05) is 11.3 Å². The van der Waals surface area contributed by atoms with Gasteiger partial charge in [-0.2, -0.15) is 13.2 Å². The van der Waals surface area contributed by atoms with Crippen molar-refractivity contribution in [2.45, 2.75) is 6.18 Å². The fourth-order valence-electron chi connectivity index (χ4n) is 0.871. The van der Waals surface area contributed by atoms with Gasteiger partial charge in [-0.3, -0.25) is 0 Å². The van der Waals surface area contributed by atoms with E-state index in [2.05, 4.69) is 5.92 Å². The summed E-state index contributed by atoms with van der Waals surface area (Å²) in [4.78, 5) is 0. The van der Waals surface area contributed by atoms with E-state index in [0.717, 1.165) is 12.1 Å². The summed E-state index contributed by atoms with van der Waals surface area (Å²) in [6.45, 7) is 0. The van der Waals surface area contributed by atoms with Gasteiger partial charge < -0.3 is 5.73 Å². The Morgan fingerprint density at radius 2 is 1.92 bits per heavy atom. The van der Waals surface area contributed by atoms with E-state index in [4.69, 9.17) is 12.2 Å². The summed E-state index contributed by atoms with van der Waals surface area (Å²) in [6, 6.07) is 2.92. The minimum atomic E-state index is -4.37. The Balaban J connectivity index is 3.20. The molecule has 0 aliphatic carbocycles. The zero-order valence-electron chi connectivity index (χ0n) is 6.52. The Labute approximate surface area is 73.4 Å². The third kappa shape index (κ3) is 1.94. The van der Waals surface area contributed by atoms with Gasteiger partial charge in [-0.15, -0.1) is 6.42 Å². The molecule has 0 radical (unpaired) electrons. The lowest BCUT2D eigenvalue weighted by Gasteiger charge is -2.07. The fourth-order valence-corrected chi connectivity index (χ4v) is 0.871. The van der Waals surface area contributed by atoms with Gasteiger partial charge in [0.25, 0.3) is 0 Å². The second kappa shape index (κ2) is 3.02. The van der Waals surface area contributed by atoms with Gasteiger partial charge >= 0.3 is 6.18 Å².